The minimum Gasteiger partial charge on any atom is -0.497 e. The van der Waals surface area contributed by atoms with Gasteiger partial charge < -0.3 is 62.9 Å². The average molecular weight is 1780 g/mol. The van der Waals surface area contributed by atoms with E-state index in [4.69, 9.17) is 49.7 Å². The first kappa shape index (κ1) is 93.4. The van der Waals surface area contributed by atoms with Crippen LogP contribution in [0.2, 0.25) is 0 Å². The van der Waals surface area contributed by atoms with Gasteiger partial charge in [0.15, 0.2) is 43.2 Å². The van der Waals surface area contributed by atoms with Gasteiger partial charge in [0, 0.05) is 131 Å². The predicted octanol–water partition coefficient (Wildman–Crippen LogP) is 19.1. The number of fused-ring (bicyclic) bond motifs is 4. The molecular weight excluding hydrogens is 1670 g/mol. The van der Waals surface area contributed by atoms with E-state index < -0.39 is 0 Å². The molecule has 0 aliphatic rings. The number of hydrogen-bond acceptors (Lipinski definition) is 27. The number of imidazole rings is 4. The summed E-state index contributed by atoms with van der Waals surface area (Å²) in [6.45, 7) is 44.7. The lowest BCUT2D eigenvalue weighted by Gasteiger charge is -2.19. The van der Waals surface area contributed by atoms with Crippen molar-refractivity contribution in [3.8, 4) is 68.4 Å². The molecule has 0 atom stereocenters. The fourth-order valence-electron chi connectivity index (χ4n) is 13.1. The number of aromatic nitrogens is 18. The molecule has 15 rings (SSSR count). The molecule has 125 heavy (non-hydrogen) atoms. The molecule has 0 saturated heterocycles. The van der Waals surface area contributed by atoms with E-state index in [1.807, 2.05) is 107 Å². The molecule has 27 nitrogen and oxygen atoms in total. The Kier molecular flexibility index (Phi) is 31.8. The molecule has 0 amide bonds. The molecule has 0 fully saturated rings. The van der Waals surface area contributed by atoms with Gasteiger partial charge in [0.1, 0.15) is 76.1 Å². The van der Waals surface area contributed by atoms with Crippen molar-refractivity contribution in [2.45, 2.75) is 177 Å². The van der Waals surface area contributed by atoms with Gasteiger partial charge in [-0.2, -0.15) is 5.10 Å². The number of terminal acetylenes is 1. The molecular formula is C93H114N22O5S5. The van der Waals surface area contributed by atoms with Gasteiger partial charge in [0.25, 0.3) is 0 Å². The molecule has 32 heteroatoms. The van der Waals surface area contributed by atoms with Crippen LogP contribution in [0.1, 0.15) is 111 Å². The Morgan fingerprint density at radius 3 is 1.09 bits per heavy atom. The third kappa shape index (κ3) is 25.1. The number of ether oxygens (including phenoxy) is 4. The highest BCUT2D eigenvalue weighted by molar-refractivity contribution is 8.00. The number of aromatic amines is 1. The molecule has 4 aromatic carbocycles. The molecule has 0 radical (unpaired) electrons. The van der Waals surface area contributed by atoms with Crippen molar-refractivity contribution in [3.63, 3.8) is 0 Å². The lowest BCUT2D eigenvalue weighted by atomic mass is 9.97. The average Bonchev–Trinajstić information content (AvgIpc) is 1.65. The molecule has 15 aromatic rings. The highest BCUT2D eigenvalue weighted by Gasteiger charge is 2.26. The van der Waals surface area contributed by atoms with Gasteiger partial charge in [-0.3, -0.25) is 5.10 Å². The van der Waals surface area contributed by atoms with Gasteiger partial charge >= 0.3 is 0 Å². The van der Waals surface area contributed by atoms with Crippen molar-refractivity contribution in [3.05, 3.63) is 175 Å². The summed E-state index contributed by atoms with van der Waals surface area (Å²) in [4.78, 5) is 60.4. The number of nitrogens with one attached hydrogen (secondary N) is 5. The second-order valence-electron chi connectivity index (χ2n) is 34.6. The monoisotopic (exact) mass is 1780 g/mol. The van der Waals surface area contributed by atoms with E-state index >= 15 is 0 Å². The van der Waals surface area contributed by atoms with Crippen LogP contribution in [0, 0.1) is 61.7 Å². The van der Waals surface area contributed by atoms with Crippen molar-refractivity contribution in [2.24, 2.45) is 21.7 Å². The van der Waals surface area contributed by atoms with E-state index in [0.717, 1.165) is 237 Å². The Hall–Kier alpha value is -10.7. The van der Waals surface area contributed by atoms with Crippen molar-refractivity contribution in [1.82, 2.24) is 110 Å². The van der Waals surface area contributed by atoms with Crippen LogP contribution in [-0.2, 0) is 26.2 Å². The van der Waals surface area contributed by atoms with E-state index in [1.165, 1.54) is 22.2 Å². The third-order valence-corrected chi connectivity index (χ3v) is 24.6. The minimum absolute atomic E-state index is 0.228. The molecule has 11 heterocycles. The highest BCUT2D eigenvalue weighted by Crippen LogP contribution is 2.44. The van der Waals surface area contributed by atoms with Gasteiger partial charge in [0.05, 0.1) is 63.2 Å². The van der Waals surface area contributed by atoms with Crippen LogP contribution in [0.5, 0.6) is 23.0 Å². The largest absolute Gasteiger partial charge is 0.497 e. The van der Waals surface area contributed by atoms with Gasteiger partial charge in [-0.15, -0.1) is 17.8 Å². The second kappa shape index (κ2) is 42.5. The zero-order chi connectivity index (χ0) is 89.2. The number of H-pyrrole nitrogens is 1. The van der Waals surface area contributed by atoms with Gasteiger partial charge in [0.2, 0.25) is 0 Å². The molecule has 5 N–H and O–H groups in total. The number of benzene rings is 4. The fourth-order valence-corrected chi connectivity index (χ4v) is 18.2. The first-order valence-electron chi connectivity index (χ1n) is 41.4. The maximum atomic E-state index is 5.71. The Morgan fingerprint density at radius 2 is 0.760 bits per heavy atom. The van der Waals surface area contributed by atoms with E-state index in [0.29, 0.717) is 0 Å². The quantitative estimate of drug-likeness (QED) is 0.0199. The smallest absolute Gasteiger partial charge is 0.175 e. The number of thiophene rings is 1. The lowest BCUT2D eigenvalue weighted by Crippen LogP contribution is -2.29. The molecule has 11 aromatic heterocycles. The maximum Gasteiger partial charge on any atom is 0.175 e. The highest BCUT2D eigenvalue weighted by atomic mass is 32.2. The van der Waals surface area contributed by atoms with Gasteiger partial charge in [-0.05, 0) is 152 Å². The van der Waals surface area contributed by atoms with Crippen LogP contribution in [0.3, 0.4) is 0 Å². The van der Waals surface area contributed by atoms with Crippen molar-refractivity contribution < 1.29 is 23.4 Å². The van der Waals surface area contributed by atoms with E-state index in [1.54, 1.807) is 113 Å². The molecule has 0 saturated carbocycles. The summed E-state index contributed by atoms with van der Waals surface area (Å²) in [6.07, 6.45) is 15.6. The summed E-state index contributed by atoms with van der Waals surface area (Å²) in [5.74, 6) is 6.72. The number of nitrogens with zero attached hydrogens (tertiary/aromatic N) is 17. The summed E-state index contributed by atoms with van der Waals surface area (Å²) in [5, 5.41) is 26.9. The van der Waals surface area contributed by atoms with E-state index in [2.05, 4.69) is 208 Å². The second-order valence-corrected chi connectivity index (χ2v) is 39.6. The number of aryl methyl sites for hydroxylation is 4. The van der Waals surface area contributed by atoms with Gasteiger partial charge in [-0.1, -0.05) is 142 Å². The minimum atomic E-state index is 0.228. The van der Waals surface area contributed by atoms with Crippen LogP contribution in [0.15, 0.2) is 191 Å². The number of furan rings is 1. The van der Waals surface area contributed by atoms with Crippen LogP contribution < -0.4 is 40.2 Å². The summed E-state index contributed by atoms with van der Waals surface area (Å²) in [7, 11) is 6.69. The van der Waals surface area contributed by atoms with E-state index in [-0.39, 0.29) is 21.7 Å². The topological polar surface area (TPSA) is 301 Å². The predicted molar refractivity (Wildman–Crippen MR) is 505 cm³/mol. The number of rotatable bonds is 31. The van der Waals surface area contributed by atoms with E-state index in [9.17, 15) is 0 Å². The standard InChI is InChI=1S/C24H29N5O2S.C24H29N5OS2.C23H29N7OS.C22H27N5OS/c2*1-16-21-22(27-15-26-16)29(11-10-25-14-24(2,3)4)23(28-21)32-20-13-17(30-5)8-9-18(20)19-7-6-12-31-19;1-15-20-21(26-14-25-15)30(11-10-24-13-23(2,3)4)22(28-20)32-19-12-16(31-5)6-7-17(19)18-8-9-27-29-18;1-7-16-8-9-17(28-6)12-18(16)29-21-26-19-15(2)24-14-25-20(19)27(21)11-10-23-13-22(3,4)5/h2*6-9,12-13,15,25H,10-11,14H2,1-5H3;6-9,12,14,24H,10-11,13H2,1-5H3,(H,27,29);1,8-9,12,14,23H,10-11,13H2,2-6H3. The third-order valence-electron chi connectivity index (χ3n) is 19.5. The SMILES string of the molecule is C#Cc1ccc(OC)cc1Sc1nc2c(C)ncnc2n1CCNCC(C)(C)C.COc1ccc(-c2ccco2)c(Sc2nc3c(C)ncnc3n2CCNCC(C)(C)C)c1.COc1ccc(-c2cccs2)c(Sc2nc3c(C)ncnc3n2CCNCC(C)(C)C)c1.COc1ccc(-c2ccn[nH]2)c(Sc2nc3c(C)ncnc3n2CCNCC(C)(C)C)c1. The van der Waals surface area contributed by atoms with Crippen molar-refractivity contribution in [1.29, 1.82) is 0 Å². The zero-order valence-electron chi connectivity index (χ0n) is 75.1. The van der Waals surface area contributed by atoms with Gasteiger partial charge in [-0.25, -0.2) is 59.8 Å². The van der Waals surface area contributed by atoms with Crippen LogP contribution in [-0.4, -0.2) is 169 Å². The molecule has 656 valence electrons. The Balaban J connectivity index is 0.000000152. The Bertz CT molecular complexity index is 5660. The number of methoxy groups -OCH3 is 4. The van der Waals surface area contributed by atoms with Crippen LogP contribution in [0.25, 0.3) is 77.7 Å². The Labute approximate surface area is 753 Å². The normalized spacial score (nSPS) is 11.8. The van der Waals surface area contributed by atoms with Crippen molar-refractivity contribution >= 4 is 103 Å². The summed E-state index contributed by atoms with van der Waals surface area (Å²) >= 11 is 8.09. The molecule has 0 unspecified atom stereocenters. The van der Waals surface area contributed by atoms with Crippen LogP contribution in [0.4, 0.5) is 0 Å². The first-order valence-corrected chi connectivity index (χ1v) is 45.6. The Morgan fingerprint density at radius 1 is 0.416 bits per heavy atom. The number of hydrogen-bond donors (Lipinski definition) is 5. The summed E-state index contributed by atoms with van der Waals surface area (Å²) < 4.78 is 36.2. The molecule has 0 spiro atoms. The van der Waals surface area contributed by atoms with Crippen LogP contribution >= 0.6 is 58.4 Å². The maximum absolute atomic E-state index is 5.71. The van der Waals surface area contributed by atoms with Crippen molar-refractivity contribution in [2.75, 3.05) is 80.8 Å². The zero-order valence-corrected chi connectivity index (χ0v) is 79.2. The summed E-state index contributed by atoms with van der Waals surface area (Å²) in [5.41, 5.74) is 16.1. The molecule has 0 aliphatic carbocycles. The fraction of sp³-hybridized carbons (Fsp3) is 0.387. The molecule has 0 aliphatic heterocycles. The molecule has 0 bridgehead atoms. The summed E-state index contributed by atoms with van der Waals surface area (Å²) in [6, 6.07) is 33.9. The first-order chi connectivity index (χ1) is 59.9. The lowest BCUT2D eigenvalue weighted by molar-refractivity contribution is 0.374.